The third kappa shape index (κ3) is 2.93. The van der Waals surface area contributed by atoms with Crippen molar-refractivity contribution in [2.24, 2.45) is 0 Å². The van der Waals surface area contributed by atoms with E-state index in [1.807, 2.05) is 30.1 Å². The van der Waals surface area contributed by atoms with Crippen molar-refractivity contribution in [3.05, 3.63) is 59.3 Å². The van der Waals surface area contributed by atoms with Gasteiger partial charge in [-0.05, 0) is 37.1 Å². The molecule has 3 aromatic heterocycles. The highest BCUT2D eigenvalue weighted by molar-refractivity contribution is 5.62. The average Bonchev–Trinajstić information content (AvgIpc) is 3.16. The highest BCUT2D eigenvalue weighted by atomic mass is 15.3. The van der Waals surface area contributed by atoms with E-state index < -0.39 is 0 Å². The number of hydrogen-bond donors (Lipinski definition) is 0. The minimum absolute atomic E-state index is 0.598. The summed E-state index contributed by atoms with van der Waals surface area (Å²) in [4.78, 5) is 11.5. The Balaban J connectivity index is 1.63. The van der Waals surface area contributed by atoms with Gasteiger partial charge in [0.2, 0.25) is 0 Å². The Morgan fingerprint density at radius 2 is 2.04 bits per heavy atom. The zero-order chi connectivity index (χ0) is 18.1. The van der Waals surface area contributed by atoms with Gasteiger partial charge in [-0.2, -0.15) is 10.4 Å². The van der Waals surface area contributed by atoms with Gasteiger partial charge < -0.3 is 4.90 Å². The van der Waals surface area contributed by atoms with E-state index in [4.69, 9.17) is 5.26 Å². The van der Waals surface area contributed by atoms with Crippen molar-refractivity contribution in [2.75, 3.05) is 11.4 Å². The standard InChI is InChI=1S/C20H20N6/c1-3-26-13-18(11-24-26)16-7-17-12-25(5-4-19(17)22-10-16)20-14(2)6-15(8-21)9-23-20/h6-7,9-11,13H,3-5,12H2,1-2H3. The van der Waals surface area contributed by atoms with Crippen LogP contribution in [0, 0.1) is 18.3 Å². The molecular formula is C20H20N6. The Morgan fingerprint density at radius 3 is 2.77 bits per heavy atom. The molecule has 130 valence electrons. The van der Waals surface area contributed by atoms with E-state index in [1.54, 1.807) is 6.20 Å². The summed E-state index contributed by atoms with van der Waals surface area (Å²) in [6.45, 7) is 6.60. The highest BCUT2D eigenvalue weighted by Gasteiger charge is 2.20. The van der Waals surface area contributed by atoms with Gasteiger partial charge in [-0.15, -0.1) is 0 Å². The van der Waals surface area contributed by atoms with Crippen molar-refractivity contribution in [3.63, 3.8) is 0 Å². The summed E-state index contributed by atoms with van der Waals surface area (Å²) in [5.41, 5.74) is 6.19. The molecule has 1 aliphatic rings. The van der Waals surface area contributed by atoms with Gasteiger partial charge >= 0.3 is 0 Å². The fourth-order valence-electron chi connectivity index (χ4n) is 3.41. The lowest BCUT2D eigenvalue weighted by Crippen LogP contribution is -2.32. The van der Waals surface area contributed by atoms with Crippen LogP contribution in [0.2, 0.25) is 0 Å². The van der Waals surface area contributed by atoms with Gasteiger partial charge in [-0.3, -0.25) is 9.67 Å². The van der Waals surface area contributed by atoms with Crippen LogP contribution in [0.1, 0.15) is 29.3 Å². The largest absolute Gasteiger partial charge is 0.352 e. The maximum Gasteiger partial charge on any atom is 0.131 e. The number of aromatic nitrogens is 4. The highest BCUT2D eigenvalue weighted by Crippen LogP contribution is 2.28. The summed E-state index contributed by atoms with van der Waals surface area (Å²) >= 11 is 0. The van der Waals surface area contributed by atoms with Gasteiger partial charge in [-0.25, -0.2) is 4.98 Å². The number of pyridine rings is 2. The molecule has 26 heavy (non-hydrogen) atoms. The van der Waals surface area contributed by atoms with Crippen LogP contribution in [0.5, 0.6) is 0 Å². The van der Waals surface area contributed by atoms with Crippen molar-refractivity contribution in [1.82, 2.24) is 19.7 Å². The van der Waals surface area contributed by atoms with E-state index in [2.05, 4.69) is 45.2 Å². The van der Waals surface area contributed by atoms with E-state index in [1.165, 1.54) is 5.56 Å². The first-order valence-electron chi connectivity index (χ1n) is 8.80. The second kappa shape index (κ2) is 6.60. The van der Waals surface area contributed by atoms with Crippen LogP contribution in [0.15, 0.2) is 36.9 Å². The van der Waals surface area contributed by atoms with Gasteiger partial charge in [0.05, 0.1) is 11.8 Å². The molecule has 0 fully saturated rings. The summed E-state index contributed by atoms with van der Waals surface area (Å²) in [5.74, 6) is 0.943. The maximum atomic E-state index is 9.03. The normalized spacial score (nSPS) is 13.3. The second-order valence-corrected chi connectivity index (χ2v) is 6.56. The molecule has 0 atom stereocenters. The Kier molecular flexibility index (Phi) is 4.13. The molecule has 0 N–H and O–H groups in total. The Morgan fingerprint density at radius 1 is 1.15 bits per heavy atom. The summed E-state index contributed by atoms with van der Waals surface area (Å²) < 4.78 is 1.92. The van der Waals surface area contributed by atoms with Crippen molar-refractivity contribution in [3.8, 4) is 17.2 Å². The molecule has 0 saturated heterocycles. The van der Waals surface area contributed by atoms with Crippen molar-refractivity contribution >= 4 is 5.82 Å². The predicted octanol–water partition coefficient (Wildman–Crippen LogP) is 3.10. The number of aryl methyl sites for hydroxylation is 2. The van der Waals surface area contributed by atoms with Crippen molar-refractivity contribution in [1.29, 1.82) is 5.26 Å². The predicted molar refractivity (Wildman–Crippen MR) is 99.6 cm³/mol. The summed E-state index contributed by atoms with van der Waals surface area (Å²) in [5, 5.41) is 13.4. The van der Waals surface area contributed by atoms with E-state index in [0.29, 0.717) is 5.56 Å². The molecule has 0 saturated carbocycles. The van der Waals surface area contributed by atoms with Crippen LogP contribution in [0.3, 0.4) is 0 Å². The number of nitrogens with zero attached hydrogens (tertiary/aromatic N) is 6. The lowest BCUT2D eigenvalue weighted by Gasteiger charge is -2.30. The van der Waals surface area contributed by atoms with Gasteiger partial charge in [0.1, 0.15) is 11.9 Å². The first kappa shape index (κ1) is 16.3. The Hall–Kier alpha value is -3.20. The van der Waals surface area contributed by atoms with E-state index >= 15 is 0 Å². The average molecular weight is 344 g/mol. The number of nitriles is 1. The maximum absolute atomic E-state index is 9.03. The van der Waals surface area contributed by atoms with Crippen molar-refractivity contribution in [2.45, 2.75) is 33.4 Å². The molecule has 6 heteroatoms. The molecule has 0 radical (unpaired) electrons. The molecule has 0 spiro atoms. The van der Waals surface area contributed by atoms with Gasteiger partial charge in [0, 0.05) is 61.5 Å². The molecule has 0 unspecified atom stereocenters. The summed E-state index contributed by atoms with van der Waals surface area (Å²) in [6, 6.07) is 6.25. The van der Waals surface area contributed by atoms with Crippen LogP contribution in [-0.2, 0) is 19.5 Å². The third-order valence-electron chi connectivity index (χ3n) is 4.81. The fraction of sp³-hybridized carbons (Fsp3) is 0.300. The van der Waals surface area contributed by atoms with Gasteiger partial charge in [0.25, 0.3) is 0 Å². The summed E-state index contributed by atoms with van der Waals surface area (Å²) in [6.07, 6.45) is 8.42. The topological polar surface area (TPSA) is 70.6 Å². The molecule has 0 amide bonds. The quantitative estimate of drug-likeness (QED) is 0.730. The van der Waals surface area contributed by atoms with Gasteiger partial charge in [0.15, 0.2) is 0 Å². The smallest absolute Gasteiger partial charge is 0.131 e. The minimum atomic E-state index is 0.598. The van der Waals surface area contributed by atoms with Crippen LogP contribution in [-0.4, -0.2) is 26.3 Å². The molecule has 0 bridgehead atoms. The minimum Gasteiger partial charge on any atom is -0.352 e. The monoisotopic (exact) mass is 344 g/mol. The third-order valence-corrected chi connectivity index (χ3v) is 4.81. The number of rotatable bonds is 3. The molecule has 4 rings (SSSR count). The first-order valence-corrected chi connectivity index (χ1v) is 8.80. The van der Waals surface area contributed by atoms with Crippen LogP contribution < -0.4 is 4.90 Å². The lowest BCUT2D eigenvalue weighted by atomic mass is 10.0. The van der Waals surface area contributed by atoms with E-state index in [-0.39, 0.29) is 0 Å². The van der Waals surface area contributed by atoms with Crippen LogP contribution in [0.4, 0.5) is 5.82 Å². The van der Waals surface area contributed by atoms with Crippen LogP contribution >= 0.6 is 0 Å². The Labute approximate surface area is 152 Å². The molecular weight excluding hydrogens is 324 g/mol. The van der Waals surface area contributed by atoms with Crippen LogP contribution in [0.25, 0.3) is 11.1 Å². The molecule has 4 heterocycles. The SMILES string of the molecule is CCn1cc(-c2cnc3c(c2)CN(c2ncc(C#N)cc2C)CC3)cn1. The molecule has 0 aliphatic carbocycles. The zero-order valence-electron chi connectivity index (χ0n) is 15.0. The molecule has 0 aromatic carbocycles. The van der Waals surface area contributed by atoms with E-state index in [9.17, 15) is 0 Å². The summed E-state index contributed by atoms with van der Waals surface area (Å²) in [7, 11) is 0. The Bertz CT molecular complexity index is 998. The molecule has 6 nitrogen and oxygen atoms in total. The number of hydrogen-bond acceptors (Lipinski definition) is 5. The number of fused-ring (bicyclic) bond motifs is 1. The zero-order valence-corrected chi connectivity index (χ0v) is 15.0. The first-order chi connectivity index (χ1) is 12.7. The lowest BCUT2D eigenvalue weighted by molar-refractivity contribution is 0.660. The second-order valence-electron chi connectivity index (χ2n) is 6.56. The number of anilines is 1. The molecule has 3 aromatic rings. The van der Waals surface area contributed by atoms with E-state index in [0.717, 1.165) is 54.3 Å². The molecule has 1 aliphatic heterocycles. The fourth-order valence-corrected chi connectivity index (χ4v) is 3.41. The van der Waals surface area contributed by atoms with Gasteiger partial charge in [-0.1, -0.05) is 0 Å². The van der Waals surface area contributed by atoms with Crippen molar-refractivity contribution < 1.29 is 0 Å².